The number of phenolic OH excluding ortho intramolecular Hbond substituents is 1. The van der Waals surface area contributed by atoms with Gasteiger partial charge in [0.05, 0.1) is 12.7 Å². The van der Waals surface area contributed by atoms with Gasteiger partial charge in [-0.3, -0.25) is 0 Å². The van der Waals surface area contributed by atoms with Gasteiger partial charge in [0.1, 0.15) is 10.8 Å². The lowest BCUT2D eigenvalue weighted by Crippen LogP contribution is -2.21. The molecule has 1 heterocycles. The molecule has 144 valence electrons. The number of carbonyl (C=O) groups excluding carboxylic acids is 1. The molecule has 0 radical (unpaired) electrons. The Labute approximate surface area is 164 Å². The van der Waals surface area contributed by atoms with E-state index >= 15 is 0 Å². The molecule has 0 amide bonds. The van der Waals surface area contributed by atoms with E-state index in [2.05, 4.69) is 23.7 Å². The van der Waals surface area contributed by atoms with Gasteiger partial charge in [0.15, 0.2) is 0 Å². The summed E-state index contributed by atoms with van der Waals surface area (Å²) < 4.78 is 4.98. The number of esters is 1. The molecule has 1 aliphatic carbocycles. The van der Waals surface area contributed by atoms with Gasteiger partial charge in [0.2, 0.25) is 0 Å². The molecule has 0 bridgehead atoms. The van der Waals surface area contributed by atoms with Crippen LogP contribution in [0.5, 0.6) is 5.75 Å². The number of hydrogen-bond donors (Lipinski definition) is 1. The van der Waals surface area contributed by atoms with Crippen LogP contribution in [0.15, 0.2) is 23.2 Å². The summed E-state index contributed by atoms with van der Waals surface area (Å²) in [5.74, 6) is -0.147. The molecule has 1 aliphatic rings. The third-order valence-electron chi connectivity index (χ3n) is 5.01. The van der Waals surface area contributed by atoms with Crippen LogP contribution in [-0.2, 0) is 17.6 Å². The first-order valence-electron chi connectivity index (χ1n) is 9.43. The number of thiophene rings is 1. The van der Waals surface area contributed by atoms with Crippen LogP contribution in [-0.4, -0.2) is 37.5 Å². The monoisotopic (exact) mass is 386 g/mol. The maximum atomic E-state index is 12.3. The summed E-state index contributed by atoms with van der Waals surface area (Å²) in [5, 5.41) is 11.1. The second kappa shape index (κ2) is 8.57. The van der Waals surface area contributed by atoms with Crippen molar-refractivity contribution in [1.82, 2.24) is 0 Å². The molecule has 2 aromatic rings. The molecule has 0 spiro atoms. The number of anilines is 1. The molecule has 0 saturated heterocycles. The Morgan fingerprint density at radius 1 is 1.30 bits per heavy atom. The molecule has 1 aromatic carbocycles. The van der Waals surface area contributed by atoms with Crippen LogP contribution in [0, 0.1) is 0 Å². The highest BCUT2D eigenvalue weighted by Gasteiger charge is 2.25. The number of ether oxygens (including phenoxy) is 1. The molecule has 0 atom stereocenters. The first kappa shape index (κ1) is 19.4. The number of benzene rings is 1. The van der Waals surface area contributed by atoms with Gasteiger partial charge in [-0.05, 0) is 57.2 Å². The fourth-order valence-electron chi connectivity index (χ4n) is 3.51. The molecule has 0 aliphatic heterocycles. The maximum absolute atomic E-state index is 12.3. The fraction of sp³-hybridized carbons (Fsp3) is 0.429. The number of fused-ring (bicyclic) bond motifs is 1. The van der Waals surface area contributed by atoms with Crippen molar-refractivity contribution in [2.75, 3.05) is 25.1 Å². The predicted molar refractivity (Wildman–Crippen MR) is 111 cm³/mol. The number of methoxy groups -OCH3 is 1. The Morgan fingerprint density at radius 2 is 2.04 bits per heavy atom. The van der Waals surface area contributed by atoms with E-state index in [4.69, 9.17) is 4.74 Å². The van der Waals surface area contributed by atoms with E-state index < -0.39 is 0 Å². The van der Waals surface area contributed by atoms with E-state index in [1.165, 1.54) is 12.0 Å². The number of hydrogen-bond acceptors (Lipinski definition) is 6. The summed E-state index contributed by atoms with van der Waals surface area (Å²) in [4.78, 5) is 20.2. The molecule has 27 heavy (non-hydrogen) atoms. The van der Waals surface area contributed by atoms with E-state index in [1.807, 2.05) is 12.1 Å². The van der Waals surface area contributed by atoms with E-state index in [-0.39, 0.29) is 11.7 Å². The lowest BCUT2D eigenvalue weighted by atomic mass is 9.95. The number of phenols is 1. The van der Waals surface area contributed by atoms with Gasteiger partial charge in [0, 0.05) is 41.5 Å². The molecule has 1 aromatic heterocycles. The normalized spacial score (nSPS) is 13.6. The number of aromatic hydroxyl groups is 1. The first-order chi connectivity index (χ1) is 13.1. The van der Waals surface area contributed by atoms with E-state index in [0.717, 1.165) is 50.0 Å². The Hall–Kier alpha value is -2.34. The Kier molecular flexibility index (Phi) is 6.16. The predicted octanol–water partition coefficient (Wildman–Crippen LogP) is 4.72. The second-order valence-corrected chi connectivity index (χ2v) is 7.64. The van der Waals surface area contributed by atoms with Gasteiger partial charge in [-0.2, -0.15) is 0 Å². The van der Waals surface area contributed by atoms with Gasteiger partial charge < -0.3 is 14.7 Å². The molecule has 5 nitrogen and oxygen atoms in total. The van der Waals surface area contributed by atoms with Crippen molar-refractivity contribution < 1.29 is 14.6 Å². The molecule has 3 rings (SSSR count). The van der Waals surface area contributed by atoms with Crippen molar-refractivity contribution in [3.8, 4) is 5.75 Å². The molecule has 1 N–H and O–H groups in total. The summed E-state index contributed by atoms with van der Waals surface area (Å²) in [6, 6.07) is 5.60. The zero-order valence-electron chi connectivity index (χ0n) is 16.1. The van der Waals surface area contributed by atoms with Gasteiger partial charge in [-0.1, -0.05) is 0 Å². The molecule has 0 saturated carbocycles. The summed E-state index contributed by atoms with van der Waals surface area (Å²) in [6.45, 7) is 5.94. The van der Waals surface area contributed by atoms with Gasteiger partial charge in [0.25, 0.3) is 0 Å². The quantitative estimate of drug-likeness (QED) is 0.577. The maximum Gasteiger partial charge on any atom is 0.341 e. The van der Waals surface area contributed by atoms with Crippen molar-refractivity contribution in [3.63, 3.8) is 0 Å². The highest BCUT2D eigenvalue weighted by molar-refractivity contribution is 7.16. The average Bonchev–Trinajstić information content (AvgIpc) is 3.06. The summed E-state index contributed by atoms with van der Waals surface area (Å²) in [7, 11) is 1.40. The van der Waals surface area contributed by atoms with Gasteiger partial charge in [-0.25, -0.2) is 9.79 Å². The zero-order valence-corrected chi connectivity index (χ0v) is 16.9. The lowest BCUT2D eigenvalue weighted by Gasteiger charge is -2.21. The minimum absolute atomic E-state index is 0.184. The van der Waals surface area contributed by atoms with Crippen LogP contribution < -0.4 is 4.90 Å². The second-order valence-electron chi connectivity index (χ2n) is 6.56. The summed E-state index contributed by atoms with van der Waals surface area (Å²) in [6.07, 6.45) is 5.75. The summed E-state index contributed by atoms with van der Waals surface area (Å²) >= 11 is 1.56. The first-order valence-corrected chi connectivity index (χ1v) is 10.3. The van der Waals surface area contributed by atoms with Gasteiger partial charge >= 0.3 is 5.97 Å². The minimum Gasteiger partial charge on any atom is -0.507 e. The van der Waals surface area contributed by atoms with Crippen LogP contribution in [0.3, 0.4) is 0 Å². The van der Waals surface area contributed by atoms with Crippen molar-refractivity contribution in [2.45, 2.75) is 39.5 Å². The Bertz CT molecular complexity index is 853. The molecule has 0 unspecified atom stereocenters. The topological polar surface area (TPSA) is 62.1 Å². The number of aliphatic imine (C=N–C) groups is 1. The lowest BCUT2D eigenvalue weighted by molar-refractivity contribution is 0.0601. The van der Waals surface area contributed by atoms with Gasteiger partial charge in [-0.15, -0.1) is 11.3 Å². The molecule has 6 heteroatoms. The summed E-state index contributed by atoms with van der Waals surface area (Å²) in [5.41, 5.74) is 3.30. The smallest absolute Gasteiger partial charge is 0.341 e. The highest BCUT2D eigenvalue weighted by atomic mass is 32.1. The standard InChI is InChI=1S/C21H26N2O3S/c1-4-23(5-2)15-11-10-14(17(24)12-15)13-22-20-19(21(25)26-3)16-8-6-7-9-18(16)27-20/h10-13,24H,4-9H2,1-3H3. The number of rotatable bonds is 6. The van der Waals surface area contributed by atoms with Crippen LogP contribution in [0.1, 0.15) is 53.1 Å². The number of nitrogens with zero attached hydrogens (tertiary/aromatic N) is 2. The molecule has 0 fully saturated rings. The molecular formula is C21H26N2O3S. The van der Waals surface area contributed by atoms with Crippen molar-refractivity contribution in [2.24, 2.45) is 4.99 Å². The van der Waals surface area contributed by atoms with Crippen molar-refractivity contribution >= 4 is 34.2 Å². The van der Waals surface area contributed by atoms with Crippen LogP contribution in [0.4, 0.5) is 10.7 Å². The van der Waals surface area contributed by atoms with Crippen LogP contribution >= 0.6 is 11.3 Å². The van der Waals surface area contributed by atoms with E-state index in [9.17, 15) is 9.90 Å². The van der Waals surface area contributed by atoms with Crippen molar-refractivity contribution in [3.05, 3.63) is 39.8 Å². The largest absolute Gasteiger partial charge is 0.507 e. The third kappa shape index (κ3) is 4.00. The zero-order chi connectivity index (χ0) is 19.4. The van der Waals surface area contributed by atoms with Crippen LogP contribution in [0.2, 0.25) is 0 Å². The Morgan fingerprint density at radius 3 is 2.70 bits per heavy atom. The van der Waals surface area contributed by atoms with E-state index in [1.54, 1.807) is 23.6 Å². The highest BCUT2D eigenvalue weighted by Crippen LogP contribution is 2.40. The SMILES string of the molecule is CCN(CC)c1ccc(C=Nc2sc3c(c2C(=O)OC)CCCC3)c(O)c1. The minimum atomic E-state index is -0.331. The fourth-order valence-corrected chi connectivity index (χ4v) is 4.73. The molecular weight excluding hydrogens is 360 g/mol. The van der Waals surface area contributed by atoms with Crippen LogP contribution in [0.25, 0.3) is 0 Å². The third-order valence-corrected chi connectivity index (χ3v) is 6.21. The number of aryl methyl sites for hydroxylation is 1. The average molecular weight is 387 g/mol. The van der Waals surface area contributed by atoms with Crippen molar-refractivity contribution in [1.29, 1.82) is 0 Å². The Balaban J connectivity index is 1.92. The van der Waals surface area contributed by atoms with E-state index in [0.29, 0.717) is 16.1 Å². The number of carbonyl (C=O) groups is 1.